The first kappa shape index (κ1) is 13.8. The van der Waals surface area contributed by atoms with E-state index in [1.165, 1.54) is 23.1 Å². The summed E-state index contributed by atoms with van der Waals surface area (Å²) in [6, 6.07) is 3.83. The Morgan fingerprint density at radius 1 is 1.59 bits per heavy atom. The van der Waals surface area contributed by atoms with Crippen molar-refractivity contribution >= 4 is 17.7 Å². The molecule has 0 aliphatic heterocycles. The third-order valence-electron chi connectivity index (χ3n) is 2.59. The van der Waals surface area contributed by atoms with Crippen LogP contribution < -0.4 is 0 Å². The predicted molar refractivity (Wildman–Crippen MR) is 68.0 cm³/mol. The van der Waals surface area contributed by atoms with E-state index < -0.39 is 11.7 Å². The summed E-state index contributed by atoms with van der Waals surface area (Å²) in [6.07, 6.45) is 1.94. The van der Waals surface area contributed by atoms with E-state index in [0.29, 0.717) is 0 Å². The molecule has 3 nitrogen and oxygen atoms in total. The van der Waals surface area contributed by atoms with Crippen LogP contribution in [0.5, 0.6) is 5.75 Å². The first-order valence-corrected chi connectivity index (χ1v) is 6.62. The number of phenols is 1. The third kappa shape index (κ3) is 3.12. The maximum absolute atomic E-state index is 13.5. The molecule has 0 saturated carbocycles. The molecule has 1 aromatic carbocycles. The maximum Gasteiger partial charge on any atom is 0.260 e. The summed E-state index contributed by atoms with van der Waals surface area (Å²) < 4.78 is 13.5. The Kier molecular flexibility index (Phi) is 4.81. The van der Waals surface area contributed by atoms with E-state index in [0.717, 1.165) is 5.75 Å². The van der Waals surface area contributed by atoms with Crippen molar-refractivity contribution in [1.29, 1.82) is 0 Å². The number of halogens is 1. The molecular weight excluding hydrogens is 241 g/mol. The number of carbonyl (C=O) groups is 1. The molecule has 1 amide bonds. The Hall–Kier alpha value is -1.23. The topological polar surface area (TPSA) is 40.5 Å². The molecule has 0 bridgehead atoms. The first-order chi connectivity index (χ1) is 7.99. The number of aromatic hydroxyl groups is 1. The van der Waals surface area contributed by atoms with Gasteiger partial charge in [-0.2, -0.15) is 11.8 Å². The number of hydrogen-bond acceptors (Lipinski definition) is 3. The van der Waals surface area contributed by atoms with Crippen LogP contribution in [0.3, 0.4) is 0 Å². The van der Waals surface area contributed by atoms with Gasteiger partial charge in [0.05, 0.1) is 0 Å². The number of nitrogens with zero attached hydrogens (tertiary/aromatic N) is 1. The Morgan fingerprint density at radius 2 is 2.24 bits per heavy atom. The van der Waals surface area contributed by atoms with E-state index >= 15 is 0 Å². The minimum atomic E-state index is -0.696. The number of amides is 1. The van der Waals surface area contributed by atoms with Crippen LogP contribution in [0.4, 0.5) is 4.39 Å². The highest BCUT2D eigenvalue weighted by Crippen LogP contribution is 2.22. The van der Waals surface area contributed by atoms with Crippen molar-refractivity contribution in [3.8, 4) is 5.75 Å². The Labute approximate surface area is 105 Å². The molecule has 0 fully saturated rings. The fourth-order valence-corrected chi connectivity index (χ4v) is 2.16. The van der Waals surface area contributed by atoms with Crippen molar-refractivity contribution in [2.75, 3.05) is 19.1 Å². The Balaban J connectivity index is 2.96. The van der Waals surface area contributed by atoms with Crippen LogP contribution in [-0.4, -0.2) is 41.0 Å². The highest BCUT2D eigenvalue weighted by molar-refractivity contribution is 7.98. The van der Waals surface area contributed by atoms with Crippen molar-refractivity contribution in [2.24, 2.45) is 0 Å². The van der Waals surface area contributed by atoms with E-state index in [-0.39, 0.29) is 17.4 Å². The minimum absolute atomic E-state index is 0.0171. The van der Waals surface area contributed by atoms with Crippen LogP contribution in [-0.2, 0) is 0 Å². The molecule has 0 saturated heterocycles. The lowest BCUT2D eigenvalue weighted by atomic mass is 10.1. The quantitative estimate of drug-likeness (QED) is 0.900. The van der Waals surface area contributed by atoms with Crippen molar-refractivity contribution in [1.82, 2.24) is 4.90 Å². The maximum atomic E-state index is 13.5. The van der Waals surface area contributed by atoms with Crippen molar-refractivity contribution in [2.45, 2.75) is 13.0 Å². The second-order valence-electron chi connectivity index (χ2n) is 3.85. The summed E-state index contributed by atoms with van der Waals surface area (Å²) in [5.74, 6) is -0.754. The van der Waals surface area contributed by atoms with Crippen LogP contribution in [0.1, 0.15) is 17.3 Å². The fraction of sp³-hybridized carbons (Fsp3) is 0.417. The van der Waals surface area contributed by atoms with Gasteiger partial charge >= 0.3 is 0 Å². The lowest BCUT2D eigenvalue weighted by Gasteiger charge is -2.24. The highest BCUT2D eigenvalue weighted by Gasteiger charge is 2.23. The summed E-state index contributed by atoms with van der Waals surface area (Å²) in [4.78, 5) is 13.5. The van der Waals surface area contributed by atoms with Crippen molar-refractivity contribution < 1.29 is 14.3 Å². The van der Waals surface area contributed by atoms with Crippen LogP contribution in [0.25, 0.3) is 0 Å². The molecule has 0 aromatic heterocycles. The second kappa shape index (κ2) is 5.91. The van der Waals surface area contributed by atoms with E-state index in [9.17, 15) is 14.3 Å². The lowest BCUT2D eigenvalue weighted by Crippen LogP contribution is -2.37. The summed E-state index contributed by atoms with van der Waals surface area (Å²) in [7, 11) is 1.61. The molecule has 0 aliphatic carbocycles. The van der Waals surface area contributed by atoms with Crippen molar-refractivity contribution in [3.05, 3.63) is 29.6 Å². The zero-order chi connectivity index (χ0) is 13.0. The van der Waals surface area contributed by atoms with Gasteiger partial charge in [-0.25, -0.2) is 4.39 Å². The summed E-state index contributed by atoms with van der Waals surface area (Å²) in [5, 5.41) is 9.53. The predicted octanol–water partition coefficient (Wildman–Crippen LogP) is 2.35. The Bertz CT molecular complexity index is 391. The van der Waals surface area contributed by atoms with Crippen LogP contribution in [0.15, 0.2) is 18.2 Å². The number of carbonyl (C=O) groups excluding carboxylic acids is 1. The van der Waals surface area contributed by atoms with E-state index in [1.807, 2.05) is 13.2 Å². The second-order valence-corrected chi connectivity index (χ2v) is 4.77. The van der Waals surface area contributed by atoms with Crippen LogP contribution in [0.2, 0.25) is 0 Å². The molecule has 1 atom stereocenters. The van der Waals surface area contributed by atoms with Gasteiger partial charge < -0.3 is 10.0 Å². The van der Waals surface area contributed by atoms with Gasteiger partial charge in [-0.05, 0) is 25.3 Å². The largest absolute Gasteiger partial charge is 0.507 e. The monoisotopic (exact) mass is 257 g/mol. The van der Waals surface area contributed by atoms with Gasteiger partial charge in [0.2, 0.25) is 0 Å². The molecule has 94 valence electrons. The standard InChI is InChI=1S/C12H16FNO2S/c1-8(7-17-3)14(2)12(16)11-9(13)5-4-6-10(11)15/h4-6,8,15H,7H2,1-3H3. The smallest absolute Gasteiger partial charge is 0.260 e. The molecular formula is C12H16FNO2S. The van der Waals surface area contributed by atoms with Gasteiger partial charge in [-0.3, -0.25) is 4.79 Å². The average Bonchev–Trinajstić information content (AvgIpc) is 2.27. The molecule has 1 N–H and O–H groups in total. The minimum Gasteiger partial charge on any atom is -0.507 e. The zero-order valence-electron chi connectivity index (χ0n) is 10.1. The first-order valence-electron chi connectivity index (χ1n) is 5.22. The number of thioether (sulfide) groups is 1. The zero-order valence-corrected chi connectivity index (χ0v) is 10.9. The highest BCUT2D eigenvalue weighted by atomic mass is 32.2. The number of rotatable bonds is 4. The van der Waals surface area contributed by atoms with E-state index in [4.69, 9.17) is 0 Å². The average molecular weight is 257 g/mol. The Morgan fingerprint density at radius 3 is 2.76 bits per heavy atom. The van der Waals surface area contributed by atoms with Gasteiger partial charge in [-0.15, -0.1) is 0 Å². The van der Waals surface area contributed by atoms with Gasteiger partial charge in [0, 0.05) is 18.8 Å². The van der Waals surface area contributed by atoms with Crippen LogP contribution >= 0.6 is 11.8 Å². The lowest BCUT2D eigenvalue weighted by molar-refractivity contribution is 0.0749. The molecule has 0 radical (unpaired) electrons. The number of phenolic OH excluding ortho intramolecular Hbond substituents is 1. The molecule has 17 heavy (non-hydrogen) atoms. The molecule has 0 aliphatic rings. The number of hydrogen-bond donors (Lipinski definition) is 1. The normalized spacial score (nSPS) is 12.2. The van der Waals surface area contributed by atoms with Gasteiger partial charge in [-0.1, -0.05) is 6.07 Å². The SMILES string of the molecule is CSCC(C)N(C)C(=O)c1c(O)cccc1F. The van der Waals surface area contributed by atoms with Crippen molar-refractivity contribution in [3.63, 3.8) is 0 Å². The fourth-order valence-electron chi connectivity index (χ4n) is 1.45. The molecule has 1 unspecified atom stereocenters. The van der Waals surface area contributed by atoms with E-state index in [1.54, 1.807) is 18.8 Å². The molecule has 0 heterocycles. The third-order valence-corrected chi connectivity index (χ3v) is 3.41. The molecule has 5 heteroatoms. The summed E-state index contributed by atoms with van der Waals surface area (Å²) >= 11 is 1.61. The van der Waals surface area contributed by atoms with Gasteiger partial charge in [0.1, 0.15) is 17.1 Å². The molecule has 1 aromatic rings. The number of benzene rings is 1. The molecule has 0 spiro atoms. The van der Waals surface area contributed by atoms with E-state index in [2.05, 4.69) is 0 Å². The van der Waals surface area contributed by atoms with Crippen LogP contribution in [0, 0.1) is 5.82 Å². The summed E-state index contributed by atoms with van der Waals surface area (Å²) in [6.45, 7) is 1.88. The van der Waals surface area contributed by atoms with Gasteiger partial charge in [0.25, 0.3) is 5.91 Å². The summed E-state index contributed by atoms with van der Waals surface area (Å²) in [5.41, 5.74) is -0.261. The molecule has 1 rings (SSSR count). The van der Waals surface area contributed by atoms with Gasteiger partial charge in [0.15, 0.2) is 0 Å².